The van der Waals surface area contributed by atoms with E-state index in [9.17, 15) is 5.11 Å². The minimum Gasteiger partial charge on any atom is -0.391 e. The highest BCUT2D eigenvalue weighted by atomic mass is 16.5. The SMILES string of the molecule is CCOCc1nc2c(N)nc3ccccc3c2n1CC(O)CCNC. The molecule has 3 rings (SSSR count). The summed E-state index contributed by atoms with van der Waals surface area (Å²) in [5.41, 5.74) is 8.53. The van der Waals surface area contributed by atoms with Gasteiger partial charge in [-0.15, -0.1) is 0 Å². The van der Waals surface area contributed by atoms with E-state index in [1.807, 2.05) is 42.8 Å². The molecule has 0 fully saturated rings. The third kappa shape index (κ3) is 3.58. The maximum absolute atomic E-state index is 10.4. The van der Waals surface area contributed by atoms with Crippen molar-refractivity contribution in [3.63, 3.8) is 0 Å². The topological polar surface area (TPSA) is 98.2 Å². The summed E-state index contributed by atoms with van der Waals surface area (Å²) < 4.78 is 7.59. The van der Waals surface area contributed by atoms with Crippen LogP contribution < -0.4 is 11.1 Å². The number of rotatable bonds is 8. The number of nitrogens with two attached hydrogens (primary N) is 1. The average Bonchev–Trinajstić information content (AvgIpc) is 2.97. The second-order valence-electron chi connectivity index (χ2n) is 6.03. The molecule has 0 spiro atoms. The molecule has 0 radical (unpaired) electrons. The summed E-state index contributed by atoms with van der Waals surface area (Å²) in [7, 11) is 1.87. The summed E-state index contributed by atoms with van der Waals surface area (Å²) in [6.45, 7) is 4.10. The molecule has 0 saturated carbocycles. The molecular formula is C18H25N5O2. The van der Waals surface area contributed by atoms with Gasteiger partial charge in [0.15, 0.2) is 5.82 Å². The van der Waals surface area contributed by atoms with Crippen LogP contribution in [0.25, 0.3) is 21.9 Å². The number of aromatic nitrogens is 3. The van der Waals surface area contributed by atoms with Crippen molar-refractivity contribution in [2.75, 3.05) is 25.9 Å². The number of ether oxygens (including phenoxy) is 1. The van der Waals surface area contributed by atoms with Gasteiger partial charge in [0.05, 0.1) is 23.7 Å². The Hall–Kier alpha value is -2.22. The van der Waals surface area contributed by atoms with Crippen molar-refractivity contribution in [2.45, 2.75) is 32.6 Å². The predicted octanol–water partition coefficient (Wildman–Crippen LogP) is 1.67. The summed E-state index contributed by atoms with van der Waals surface area (Å²) in [5, 5.41) is 14.5. The first kappa shape index (κ1) is 17.6. The molecule has 7 heteroatoms. The van der Waals surface area contributed by atoms with E-state index in [0.29, 0.717) is 37.5 Å². The summed E-state index contributed by atoms with van der Waals surface area (Å²) in [6.07, 6.45) is 0.168. The molecule has 7 nitrogen and oxygen atoms in total. The minimum absolute atomic E-state index is 0.373. The van der Waals surface area contributed by atoms with Crippen molar-refractivity contribution in [3.05, 3.63) is 30.1 Å². The van der Waals surface area contributed by atoms with Gasteiger partial charge in [-0.2, -0.15) is 0 Å². The van der Waals surface area contributed by atoms with Gasteiger partial charge in [0.1, 0.15) is 17.9 Å². The van der Waals surface area contributed by atoms with Gasteiger partial charge in [0.2, 0.25) is 0 Å². The number of fused-ring (bicyclic) bond motifs is 3. The number of imidazole rings is 1. The van der Waals surface area contributed by atoms with E-state index in [1.54, 1.807) is 0 Å². The van der Waals surface area contributed by atoms with Crippen molar-refractivity contribution in [1.82, 2.24) is 19.9 Å². The fourth-order valence-electron chi connectivity index (χ4n) is 3.02. The van der Waals surface area contributed by atoms with Gasteiger partial charge in [-0.3, -0.25) is 0 Å². The van der Waals surface area contributed by atoms with Gasteiger partial charge in [-0.1, -0.05) is 18.2 Å². The van der Waals surface area contributed by atoms with Gasteiger partial charge in [0, 0.05) is 12.0 Å². The molecule has 2 heterocycles. The predicted molar refractivity (Wildman–Crippen MR) is 99.3 cm³/mol. The number of pyridine rings is 1. The Morgan fingerprint density at radius 3 is 2.88 bits per heavy atom. The Bertz CT molecular complexity index is 861. The molecule has 0 aliphatic carbocycles. The van der Waals surface area contributed by atoms with Crippen LogP contribution in [0.1, 0.15) is 19.2 Å². The van der Waals surface area contributed by atoms with Crippen LogP contribution in [-0.4, -0.2) is 45.9 Å². The van der Waals surface area contributed by atoms with E-state index >= 15 is 0 Å². The molecule has 0 saturated heterocycles. The largest absolute Gasteiger partial charge is 0.391 e. The zero-order chi connectivity index (χ0) is 17.8. The molecule has 0 aliphatic rings. The van der Waals surface area contributed by atoms with E-state index in [0.717, 1.165) is 28.8 Å². The van der Waals surface area contributed by atoms with Gasteiger partial charge < -0.3 is 25.5 Å². The first-order valence-electron chi connectivity index (χ1n) is 8.59. The Labute approximate surface area is 146 Å². The molecule has 1 aromatic carbocycles. The van der Waals surface area contributed by atoms with Crippen molar-refractivity contribution in [1.29, 1.82) is 0 Å². The van der Waals surface area contributed by atoms with Crippen LogP contribution in [0.15, 0.2) is 24.3 Å². The van der Waals surface area contributed by atoms with E-state index in [1.165, 1.54) is 0 Å². The fourth-order valence-corrected chi connectivity index (χ4v) is 3.02. The van der Waals surface area contributed by atoms with Gasteiger partial charge in [-0.25, -0.2) is 9.97 Å². The normalized spacial score (nSPS) is 12.9. The highest BCUT2D eigenvalue weighted by molar-refractivity contribution is 6.06. The zero-order valence-electron chi connectivity index (χ0n) is 14.7. The van der Waals surface area contributed by atoms with Crippen LogP contribution in [0.3, 0.4) is 0 Å². The molecule has 3 aromatic rings. The summed E-state index contributed by atoms with van der Waals surface area (Å²) >= 11 is 0. The second-order valence-corrected chi connectivity index (χ2v) is 6.03. The Morgan fingerprint density at radius 2 is 2.12 bits per heavy atom. The Morgan fingerprint density at radius 1 is 1.32 bits per heavy atom. The molecule has 0 amide bonds. The second kappa shape index (κ2) is 7.77. The maximum Gasteiger partial charge on any atom is 0.152 e. The zero-order valence-corrected chi connectivity index (χ0v) is 14.7. The molecule has 2 aromatic heterocycles. The minimum atomic E-state index is -0.488. The van der Waals surface area contributed by atoms with Crippen molar-refractivity contribution >= 4 is 27.8 Å². The van der Waals surface area contributed by atoms with Gasteiger partial charge in [-0.05, 0) is 33.0 Å². The molecule has 25 heavy (non-hydrogen) atoms. The summed E-state index contributed by atoms with van der Waals surface area (Å²) in [6, 6.07) is 7.84. The van der Waals surface area contributed by atoms with Crippen LogP contribution in [-0.2, 0) is 17.9 Å². The number of aliphatic hydroxyl groups is 1. The van der Waals surface area contributed by atoms with Crippen LogP contribution in [0.5, 0.6) is 0 Å². The lowest BCUT2D eigenvalue weighted by Gasteiger charge is -2.15. The quantitative estimate of drug-likeness (QED) is 0.575. The highest BCUT2D eigenvalue weighted by Gasteiger charge is 2.19. The van der Waals surface area contributed by atoms with Gasteiger partial charge in [0.25, 0.3) is 0 Å². The molecule has 1 unspecified atom stereocenters. The van der Waals surface area contributed by atoms with Crippen molar-refractivity contribution in [3.8, 4) is 0 Å². The monoisotopic (exact) mass is 343 g/mol. The van der Waals surface area contributed by atoms with E-state index in [2.05, 4.69) is 15.3 Å². The first-order valence-corrected chi connectivity index (χ1v) is 8.59. The van der Waals surface area contributed by atoms with Crippen molar-refractivity contribution < 1.29 is 9.84 Å². The molecule has 4 N–H and O–H groups in total. The fraction of sp³-hybridized carbons (Fsp3) is 0.444. The first-order chi connectivity index (χ1) is 12.2. The van der Waals surface area contributed by atoms with Gasteiger partial charge >= 0.3 is 0 Å². The number of aliphatic hydroxyl groups excluding tert-OH is 1. The number of nitrogen functional groups attached to an aromatic ring is 1. The highest BCUT2D eigenvalue weighted by Crippen LogP contribution is 2.29. The number of hydrogen-bond acceptors (Lipinski definition) is 6. The number of hydrogen-bond donors (Lipinski definition) is 3. The number of para-hydroxylation sites is 1. The van der Waals surface area contributed by atoms with Crippen LogP contribution in [0.4, 0.5) is 5.82 Å². The molecule has 0 aliphatic heterocycles. The smallest absolute Gasteiger partial charge is 0.152 e. The lowest BCUT2D eigenvalue weighted by atomic mass is 10.1. The molecule has 0 bridgehead atoms. The standard InChI is InChI=1S/C18H25N5O2/c1-3-25-11-15-22-16-17(23(15)10-12(24)8-9-20-2)13-6-4-5-7-14(13)21-18(16)19/h4-7,12,20,24H,3,8-11H2,1-2H3,(H2,19,21). The van der Waals surface area contributed by atoms with E-state index in [4.69, 9.17) is 10.5 Å². The molecule has 134 valence electrons. The average molecular weight is 343 g/mol. The molecule has 1 atom stereocenters. The van der Waals surface area contributed by atoms with E-state index < -0.39 is 6.10 Å². The number of nitrogens with zero attached hydrogens (tertiary/aromatic N) is 3. The van der Waals surface area contributed by atoms with E-state index in [-0.39, 0.29) is 0 Å². The number of nitrogens with one attached hydrogen (secondary N) is 1. The molecular weight excluding hydrogens is 318 g/mol. The lowest BCUT2D eigenvalue weighted by molar-refractivity contribution is 0.116. The third-order valence-electron chi connectivity index (χ3n) is 4.25. The third-order valence-corrected chi connectivity index (χ3v) is 4.25. The summed E-state index contributed by atoms with van der Waals surface area (Å²) in [4.78, 5) is 9.11. The Kier molecular flexibility index (Phi) is 5.47. The lowest BCUT2D eigenvalue weighted by Crippen LogP contribution is -2.22. The number of benzene rings is 1. The van der Waals surface area contributed by atoms with Crippen LogP contribution in [0.2, 0.25) is 0 Å². The number of anilines is 1. The van der Waals surface area contributed by atoms with Crippen LogP contribution in [0, 0.1) is 0 Å². The summed E-state index contributed by atoms with van der Waals surface area (Å²) in [5.74, 6) is 1.15. The Balaban J connectivity index is 2.15. The van der Waals surface area contributed by atoms with Crippen molar-refractivity contribution in [2.24, 2.45) is 0 Å². The maximum atomic E-state index is 10.4. The van der Waals surface area contributed by atoms with Crippen LogP contribution >= 0.6 is 0 Å².